The van der Waals surface area contributed by atoms with Gasteiger partial charge >= 0.3 is 0 Å². The molecule has 1 aliphatic rings. The van der Waals surface area contributed by atoms with Crippen LogP contribution in [0.15, 0.2) is 23.1 Å². The van der Waals surface area contributed by atoms with E-state index in [0.29, 0.717) is 31.9 Å². The van der Waals surface area contributed by atoms with Crippen molar-refractivity contribution in [2.24, 2.45) is 0 Å². The summed E-state index contributed by atoms with van der Waals surface area (Å²) in [6, 6.07) is 5.05. The highest BCUT2D eigenvalue weighted by molar-refractivity contribution is 7.89. The molecule has 0 spiro atoms. The standard InChI is InChI=1S/C11H17N3O3S/c1-9-3-2-4-10(12)11(9)18(15,16)13-14-5-7-17-8-6-14/h2-4,13H,5-8,12H2,1H3. The van der Waals surface area contributed by atoms with Gasteiger partial charge in [0.15, 0.2) is 0 Å². The smallest absolute Gasteiger partial charge is 0.255 e. The van der Waals surface area contributed by atoms with Crippen LogP contribution in [0.4, 0.5) is 5.69 Å². The molecule has 0 amide bonds. The zero-order chi connectivity index (χ0) is 13.2. The van der Waals surface area contributed by atoms with E-state index in [-0.39, 0.29) is 10.6 Å². The van der Waals surface area contributed by atoms with Gasteiger partial charge in [0.25, 0.3) is 10.0 Å². The maximum absolute atomic E-state index is 12.3. The van der Waals surface area contributed by atoms with Crippen LogP contribution in [0.1, 0.15) is 5.56 Å². The lowest BCUT2D eigenvalue weighted by molar-refractivity contribution is 0.0272. The van der Waals surface area contributed by atoms with Gasteiger partial charge in [-0.05, 0) is 18.6 Å². The van der Waals surface area contributed by atoms with E-state index < -0.39 is 10.0 Å². The predicted octanol–water partition coefficient (Wildman–Crippen LogP) is 0.103. The Labute approximate surface area is 107 Å². The molecule has 0 bridgehead atoms. The minimum atomic E-state index is -3.63. The number of sulfonamides is 1. The number of nitrogens with one attached hydrogen (secondary N) is 1. The second kappa shape index (κ2) is 5.23. The molecule has 0 radical (unpaired) electrons. The second-order valence-corrected chi connectivity index (χ2v) is 5.79. The number of aryl methyl sites for hydroxylation is 1. The molecule has 1 saturated heterocycles. The van der Waals surface area contributed by atoms with Crippen LogP contribution in [-0.2, 0) is 14.8 Å². The van der Waals surface area contributed by atoms with Crippen LogP contribution in [0.5, 0.6) is 0 Å². The third kappa shape index (κ3) is 2.81. The quantitative estimate of drug-likeness (QED) is 0.762. The summed E-state index contributed by atoms with van der Waals surface area (Å²) < 4.78 is 29.7. The fourth-order valence-corrected chi connectivity index (χ4v) is 3.40. The number of nitrogens with zero attached hydrogens (tertiary/aromatic N) is 1. The van der Waals surface area contributed by atoms with E-state index in [4.69, 9.17) is 10.5 Å². The maximum atomic E-state index is 12.3. The summed E-state index contributed by atoms with van der Waals surface area (Å²) in [5.41, 5.74) is 6.65. The number of hydrazine groups is 1. The monoisotopic (exact) mass is 271 g/mol. The van der Waals surface area contributed by atoms with Crippen molar-refractivity contribution in [3.63, 3.8) is 0 Å². The van der Waals surface area contributed by atoms with Crippen LogP contribution in [0, 0.1) is 6.92 Å². The van der Waals surface area contributed by atoms with E-state index in [1.165, 1.54) is 0 Å². The van der Waals surface area contributed by atoms with Crippen molar-refractivity contribution in [3.8, 4) is 0 Å². The first kappa shape index (κ1) is 13.3. The van der Waals surface area contributed by atoms with Gasteiger partial charge in [-0.1, -0.05) is 12.1 Å². The third-order valence-corrected chi connectivity index (χ3v) is 4.37. The second-order valence-electron chi connectivity index (χ2n) is 4.19. The van der Waals surface area contributed by atoms with Crippen LogP contribution in [0.25, 0.3) is 0 Å². The largest absolute Gasteiger partial charge is 0.398 e. The van der Waals surface area contributed by atoms with Gasteiger partial charge in [-0.2, -0.15) is 0 Å². The minimum Gasteiger partial charge on any atom is -0.398 e. The van der Waals surface area contributed by atoms with Gasteiger partial charge in [0.2, 0.25) is 0 Å². The first-order chi connectivity index (χ1) is 8.50. The molecule has 3 N–H and O–H groups in total. The van der Waals surface area contributed by atoms with E-state index in [1.807, 2.05) is 0 Å². The molecule has 100 valence electrons. The molecular weight excluding hydrogens is 254 g/mol. The Hall–Kier alpha value is -1.15. The van der Waals surface area contributed by atoms with Crippen molar-refractivity contribution in [2.75, 3.05) is 32.0 Å². The number of morpholine rings is 1. The average Bonchev–Trinajstić information content (AvgIpc) is 2.28. The Morgan fingerprint density at radius 1 is 1.33 bits per heavy atom. The lowest BCUT2D eigenvalue weighted by atomic mass is 10.2. The van der Waals surface area contributed by atoms with Crippen molar-refractivity contribution >= 4 is 15.7 Å². The van der Waals surface area contributed by atoms with Gasteiger partial charge in [0.05, 0.1) is 18.9 Å². The molecule has 1 aliphatic heterocycles. The van der Waals surface area contributed by atoms with Crippen LogP contribution in [0.2, 0.25) is 0 Å². The molecule has 6 nitrogen and oxygen atoms in total. The van der Waals surface area contributed by atoms with E-state index in [9.17, 15) is 8.42 Å². The molecule has 1 fully saturated rings. The van der Waals surface area contributed by atoms with E-state index >= 15 is 0 Å². The Balaban J connectivity index is 2.25. The van der Waals surface area contributed by atoms with E-state index in [1.54, 1.807) is 30.1 Å². The molecule has 7 heteroatoms. The lowest BCUT2D eigenvalue weighted by Crippen LogP contribution is -2.48. The molecule has 2 rings (SSSR count). The first-order valence-corrected chi connectivity index (χ1v) is 7.19. The number of anilines is 1. The van der Waals surface area contributed by atoms with Crippen LogP contribution < -0.4 is 10.6 Å². The Bertz CT molecular complexity index is 504. The number of ether oxygens (including phenoxy) is 1. The zero-order valence-corrected chi connectivity index (χ0v) is 11.0. The number of rotatable bonds is 3. The Kier molecular flexibility index (Phi) is 3.86. The Morgan fingerprint density at radius 2 is 2.00 bits per heavy atom. The maximum Gasteiger partial charge on any atom is 0.255 e. The highest BCUT2D eigenvalue weighted by atomic mass is 32.2. The molecule has 18 heavy (non-hydrogen) atoms. The summed E-state index contributed by atoms with van der Waals surface area (Å²) in [7, 11) is -3.63. The molecular formula is C11H17N3O3S. The molecule has 1 heterocycles. The minimum absolute atomic E-state index is 0.150. The summed E-state index contributed by atoms with van der Waals surface area (Å²) >= 11 is 0. The normalized spacial score (nSPS) is 17.8. The number of hydrogen-bond acceptors (Lipinski definition) is 5. The number of benzene rings is 1. The van der Waals surface area contributed by atoms with Crippen molar-refractivity contribution in [1.29, 1.82) is 0 Å². The Morgan fingerprint density at radius 3 is 2.61 bits per heavy atom. The summed E-state index contributed by atoms with van der Waals surface area (Å²) in [5, 5.41) is 1.63. The highest BCUT2D eigenvalue weighted by Crippen LogP contribution is 2.22. The molecule has 1 aromatic rings. The lowest BCUT2D eigenvalue weighted by Gasteiger charge is -2.27. The molecule has 0 aliphatic carbocycles. The van der Waals surface area contributed by atoms with Gasteiger partial charge in [0.1, 0.15) is 4.90 Å². The third-order valence-electron chi connectivity index (χ3n) is 2.77. The molecule has 0 saturated carbocycles. The van der Waals surface area contributed by atoms with E-state index in [2.05, 4.69) is 4.83 Å². The predicted molar refractivity (Wildman–Crippen MR) is 68.3 cm³/mol. The molecule has 0 aromatic heterocycles. The number of nitrogen functional groups attached to an aromatic ring is 1. The fraction of sp³-hybridized carbons (Fsp3) is 0.455. The summed E-state index contributed by atoms with van der Waals surface area (Å²) in [6.45, 7) is 3.83. The number of nitrogens with two attached hydrogens (primary N) is 1. The average molecular weight is 271 g/mol. The molecule has 1 aromatic carbocycles. The fourth-order valence-electron chi connectivity index (χ4n) is 1.91. The van der Waals surface area contributed by atoms with Gasteiger partial charge < -0.3 is 10.5 Å². The van der Waals surface area contributed by atoms with Gasteiger partial charge in [-0.3, -0.25) is 0 Å². The van der Waals surface area contributed by atoms with E-state index in [0.717, 1.165) is 0 Å². The highest BCUT2D eigenvalue weighted by Gasteiger charge is 2.23. The summed E-state index contributed by atoms with van der Waals surface area (Å²) in [5.74, 6) is 0. The zero-order valence-electron chi connectivity index (χ0n) is 10.2. The molecule has 0 atom stereocenters. The molecule has 0 unspecified atom stereocenters. The summed E-state index contributed by atoms with van der Waals surface area (Å²) in [6.07, 6.45) is 0. The van der Waals surface area contributed by atoms with Crippen molar-refractivity contribution in [3.05, 3.63) is 23.8 Å². The van der Waals surface area contributed by atoms with Gasteiger partial charge in [-0.25, -0.2) is 13.4 Å². The SMILES string of the molecule is Cc1cccc(N)c1S(=O)(=O)NN1CCOCC1. The van der Waals surface area contributed by atoms with Crippen LogP contribution in [0.3, 0.4) is 0 Å². The van der Waals surface area contributed by atoms with Crippen LogP contribution in [-0.4, -0.2) is 39.7 Å². The van der Waals surface area contributed by atoms with Gasteiger partial charge in [0, 0.05) is 13.1 Å². The van der Waals surface area contributed by atoms with Crippen LogP contribution >= 0.6 is 0 Å². The van der Waals surface area contributed by atoms with Gasteiger partial charge in [-0.15, -0.1) is 4.83 Å². The first-order valence-electron chi connectivity index (χ1n) is 5.71. The van der Waals surface area contributed by atoms with Crippen molar-refractivity contribution in [2.45, 2.75) is 11.8 Å². The summed E-state index contributed by atoms with van der Waals surface area (Å²) in [4.78, 5) is 2.69. The van der Waals surface area contributed by atoms with Crippen molar-refractivity contribution < 1.29 is 13.2 Å². The number of hydrogen-bond donors (Lipinski definition) is 2. The topological polar surface area (TPSA) is 84.7 Å². The van der Waals surface area contributed by atoms with Crippen molar-refractivity contribution in [1.82, 2.24) is 9.84 Å².